The fraction of sp³-hybridized carbons (Fsp3) is 0.0476. The van der Waals surface area contributed by atoms with Crippen LogP contribution in [0.5, 0.6) is 0 Å². The van der Waals surface area contributed by atoms with Gasteiger partial charge in [-0.3, -0.25) is 4.79 Å². The summed E-state index contributed by atoms with van der Waals surface area (Å²) in [5.74, 6) is -0.719. The van der Waals surface area contributed by atoms with E-state index in [1.807, 2.05) is 13.0 Å². The highest BCUT2D eigenvalue weighted by Gasteiger charge is 2.30. The zero-order valence-corrected chi connectivity index (χ0v) is 15.5. The molecule has 136 valence electrons. The highest BCUT2D eigenvalue weighted by atomic mass is 32.2. The molecule has 0 N–H and O–H groups in total. The SMILES string of the molecule is Cc1ccc(S(=O)(=O)N(N=Cc2ccccc2)C(=O)c2ccccc2)cc1. The van der Waals surface area contributed by atoms with E-state index >= 15 is 0 Å². The van der Waals surface area contributed by atoms with Crippen LogP contribution in [0.2, 0.25) is 0 Å². The molecular formula is C21H18N2O3S. The van der Waals surface area contributed by atoms with Gasteiger partial charge in [0.05, 0.1) is 11.1 Å². The molecule has 3 aromatic carbocycles. The fourth-order valence-electron chi connectivity index (χ4n) is 2.38. The molecule has 0 bridgehead atoms. The summed E-state index contributed by atoms with van der Waals surface area (Å²) in [6.07, 6.45) is 1.35. The monoisotopic (exact) mass is 378 g/mol. The maximum atomic E-state index is 13.1. The Morgan fingerprint density at radius 1 is 0.852 bits per heavy atom. The summed E-state index contributed by atoms with van der Waals surface area (Å²) in [6.45, 7) is 1.86. The molecule has 5 nitrogen and oxygen atoms in total. The van der Waals surface area contributed by atoms with Crippen molar-refractivity contribution in [1.82, 2.24) is 4.41 Å². The largest absolute Gasteiger partial charge is 0.288 e. The van der Waals surface area contributed by atoms with E-state index in [0.29, 0.717) is 9.98 Å². The molecule has 3 aromatic rings. The molecule has 27 heavy (non-hydrogen) atoms. The molecule has 6 heteroatoms. The Kier molecular flexibility index (Phi) is 5.47. The average Bonchev–Trinajstić information content (AvgIpc) is 2.69. The smallest absolute Gasteiger partial charge is 0.266 e. The number of aryl methyl sites for hydroxylation is 1. The standard InChI is InChI=1S/C21H18N2O3S/c1-17-12-14-20(15-13-17)27(25,26)23(21(24)19-10-6-3-7-11-19)22-16-18-8-4-2-5-9-18/h2-16H,1H3. The molecule has 0 heterocycles. The topological polar surface area (TPSA) is 66.8 Å². The third-order valence-electron chi connectivity index (χ3n) is 3.85. The molecule has 0 atom stereocenters. The van der Waals surface area contributed by atoms with Crippen LogP contribution in [0.3, 0.4) is 0 Å². The van der Waals surface area contributed by atoms with Gasteiger partial charge in [-0.25, -0.2) is 0 Å². The lowest BCUT2D eigenvalue weighted by atomic mass is 10.2. The molecule has 0 aromatic heterocycles. The molecule has 0 saturated carbocycles. The summed E-state index contributed by atoms with van der Waals surface area (Å²) in [5.41, 5.74) is 1.84. The normalized spacial score (nSPS) is 11.4. The molecular weight excluding hydrogens is 360 g/mol. The number of carbonyl (C=O) groups excluding carboxylic acids is 1. The first-order chi connectivity index (χ1) is 13.0. The highest BCUT2D eigenvalue weighted by molar-refractivity contribution is 7.89. The molecule has 0 unspecified atom stereocenters. The van der Waals surface area contributed by atoms with Gasteiger partial charge in [0.15, 0.2) is 0 Å². The molecule has 3 rings (SSSR count). The van der Waals surface area contributed by atoms with E-state index in [4.69, 9.17) is 0 Å². The van der Waals surface area contributed by atoms with Crippen LogP contribution in [0.1, 0.15) is 21.5 Å². The minimum atomic E-state index is -4.15. The number of hydrogen-bond donors (Lipinski definition) is 0. The lowest BCUT2D eigenvalue weighted by Gasteiger charge is -2.17. The number of amides is 1. The van der Waals surface area contributed by atoms with Crippen molar-refractivity contribution in [2.45, 2.75) is 11.8 Å². The Bertz CT molecular complexity index is 1050. The van der Waals surface area contributed by atoms with Crippen LogP contribution >= 0.6 is 0 Å². The van der Waals surface area contributed by atoms with Crippen molar-refractivity contribution >= 4 is 22.1 Å². The Balaban J connectivity index is 2.05. The van der Waals surface area contributed by atoms with Crippen molar-refractivity contribution in [3.63, 3.8) is 0 Å². The second-order valence-corrected chi connectivity index (χ2v) is 7.65. The predicted octanol–water partition coefficient (Wildman–Crippen LogP) is 3.86. The van der Waals surface area contributed by atoms with Gasteiger partial charge in [0, 0.05) is 5.56 Å². The van der Waals surface area contributed by atoms with Crippen molar-refractivity contribution in [2.75, 3.05) is 0 Å². The van der Waals surface area contributed by atoms with E-state index in [-0.39, 0.29) is 10.5 Å². The van der Waals surface area contributed by atoms with Crippen LogP contribution in [-0.4, -0.2) is 25.0 Å². The van der Waals surface area contributed by atoms with Crippen molar-refractivity contribution in [3.05, 3.63) is 102 Å². The van der Waals surface area contributed by atoms with Gasteiger partial charge in [-0.1, -0.05) is 66.2 Å². The summed E-state index contributed by atoms with van der Waals surface area (Å²) in [4.78, 5) is 12.9. The Labute approximate surface area is 158 Å². The average molecular weight is 378 g/mol. The first-order valence-electron chi connectivity index (χ1n) is 8.29. The van der Waals surface area contributed by atoms with Crippen LogP contribution in [0, 0.1) is 6.92 Å². The van der Waals surface area contributed by atoms with Crippen LogP contribution in [0.4, 0.5) is 0 Å². The van der Waals surface area contributed by atoms with Gasteiger partial charge >= 0.3 is 0 Å². The molecule has 0 aliphatic rings. The summed E-state index contributed by atoms with van der Waals surface area (Å²) in [6, 6.07) is 23.5. The quantitative estimate of drug-likeness (QED) is 0.500. The van der Waals surface area contributed by atoms with Gasteiger partial charge < -0.3 is 0 Å². The molecule has 0 saturated heterocycles. The Morgan fingerprint density at radius 3 is 2.00 bits per heavy atom. The Morgan fingerprint density at radius 2 is 1.41 bits per heavy atom. The van der Waals surface area contributed by atoms with E-state index in [0.717, 1.165) is 5.56 Å². The third-order valence-corrected chi connectivity index (χ3v) is 5.44. The van der Waals surface area contributed by atoms with Crippen LogP contribution in [-0.2, 0) is 10.0 Å². The minimum absolute atomic E-state index is 0.00240. The first kappa shape index (κ1) is 18.5. The van der Waals surface area contributed by atoms with Crippen molar-refractivity contribution in [2.24, 2.45) is 5.10 Å². The summed E-state index contributed by atoms with van der Waals surface area (Å²) < 4.78 is 26.7. The van der Waals surface area contributed by atoms with Gasteiger partial charge in [0.2, 0.25) is 0 Å². The van der Waals surface area contributed by atoms with E-state index in [2.05, 4.69) is 5.10 Å². The predicted molar refractivity (Wildman–Crippen MR) is 105 cm³/mol. The summed E-state index contributed by atoms with van der Waals surface area (Å²) in [7, 11) is -4.15. The Hall–Kier alpha value is -3.25. The summed E-state index contributed by atoms with van der Waals surface area (Å²) in [5, 5.41) is 4.01. The maximum absolute atomic E-state index is 13.1. The molecule has 0 radical (unpaired) electrons. The number of hydrazone groups is 1. The zero-order chi connectivity index (χ0) is 19.3. The second-order valence-electron chi connectivity index (χ2n) is 5.89. The molecule has 1 amide bonds. The zero-order valence-electron chi connectivity index (χ0n) is 14.7. The fourth-order valence-corrected chi connectivity index (χ4v) is 3.56. The number of sulfonamides is 1. The number of carbonyl (C=O) groups is 1. The highest BCUT2D eigenvalue weighted by Crippen LogP contribution is 2.19. The van der Waals surface area contributed by atoms with E-state index in [1.165, 1.54) is 18.3 Å². The number of hydrogen-bond acceptors (Lipinski definition) is 4. The summed E-state index contributed by atoms with van der Waals surface area (Å²) >= 11 is 0. The van der Waals surface area contributed by atoms with Gasteiger partial charge in [-0.2, -0.15) is 13.5 Å². The van der Waals surface area contributed by atoms with Gasteiger partial charge in [0.1, 0.15) is 0 Å². The van der Waals surface area contributed by atoms with Crippen molar-refractivity contribution in [3.8, 4) is 0 Å². The molecule has 0 spiro atoms. The van der Waals surface area contributed by atoms with Gasteiger partial charge in [0.25, 0.3) is 15.9 Å². The van der Waals surface area contributed by atoms with Gasteiger partial charge in [-0.05, 0) is 36.8 Å². The van der Waals surface area contributed by atoms with Crippen LogP contribution in [0.25, 0.3) is 0 Å². The molecule has 0 aliphatic carbocycles. The van der Waals surface area contributed by atoms with Crippen molar-refractivity contribution in [1.29, 1.82) is 0 Å². The molecule has 0 aliphatic heterocycles. The maximum Gasteiger partial charge on any atom is 0.288 e. The lowest BCUT2D eigenvalue weighted by Crippen LogP contribution is -2.32. The third kappa shape index (κ3) is 4.30. The van der Waals surface area contributed by atoms with E-state index < -0.39 is 15.9 Å². The van der Waals surface area contributed by atoms with E-state index in [1.54, 1.807) is 66.7 Å². The van der Waals surface area contributed by atoms with Crippen LogP contribution in [0.15, 0.2) is 94.9 Å². The van der Waals surface area contributed by atoms with Crippen LogP contribution < -0.4 is 0 Å². The second kappa shape index (κ2) is 7.97. The van der Waals surface area contributed by atoms with Crippen molar-refractivity contribution < 1.29 is 13.2 Å². The molecule has 0 fully saturated rings. The number of benzene rings is 3. The number of nitrogens with zero attached hydrogens (tertiary/aromatic N) is 2. The minimum Gasteiger partial charge on any atom is -0.266 e. The van der Waals surface area contributed by atoms with E-state index in [9.17, 15) is 13.2 Å². The first-order valence-corrected chi connectivity index (χ1v) is 9.73. The number of rotatable bonds is 5. The van der Waals surface area contributed by atoms with Gasteiger partial charge in [-0.15, -0.1) is 4.41 Å². The lowest BCUT2D eigenvalue weighted by molar-refractivity contribution is 0.0865.